The molecule has 1 heterocycles. The fraction of sp³-hybridized carbons (Fsp3) is 0.500. The lowest BCUT2D eigenvalue weighted by Crippen LogP contribution is -2.49. The van der Waals surface area contributed by atoms with E-state index in [1.54, 1.807) is 6.92 Å². The number of nitro groups is 1. The van der Waals surface area contributed by atoms with Crippen LogP contribution in [0.1, 0.15) is 5.56 Å². The molecule has 0 unspecified atom stereocenters. The third-order valence-corrected chi connectivity index (χ3v) is 2.60. The number of nitrogens with one attached hydrogen (secondary N) is 1. The molecule has 0 spiro atoms. The fourth-order valence-corrected chi connectivity index (χ4v) is 1.39. The van der Waals surface area contributed by atoms with Crippen LogP contribution in [0.3, 0.4) is 0 Å². The van der Waals surface area contributed by atoms with Gasteiger partial charge in [-0.2, -0.15) is 0 Å². The first kappa shape index (κ1) is 14.3. The van der Waals surface area contributed by atoms with Gasteiger partial charge < -0.3 is 20.6 Å². The van der Waals surface area contributed by atoms with Gasteiger partial charge in [0.2, 0.25) is 5.82 Å². The summed E-state index contributed by atoms with van der Waals surface area (Å²) >= 11 is 0. The number of anilines is 1. The highest BCUT2D eigenvalue weighted by molar-refractivity contribution is 5.61. The van der Waals surface area contributed by atoms with Crippen LogP contribution in [-0.2, 0) is 0 Å². The van der Waals surface area contributed by atoms with Crippen molar-refractivity contribution in [3.05, 3.63) is 27.9 Å². The van der Waals surface area contributed by atoms with Crippen LogP contribution in [0.4, 0.5) is 11.5 Å². The second-order valence-electron chi connectivity index (χ2n) is 3.96. The van der Waals surface area contributed by atoms with Crippen molar-refractivity contribution in [1.82, 2.24) is 4.98 Å². The number of pyridine rings is 1. The largest absolute Gasteiger partial charge is 0.394 e. The van der Waals surface area contributed by atoms with Gasteiger partial charge >= 0.3 is 5.69 Å². The average Bonchev–Trinajstić information content (AvgIpc) is 2.35. The number of rotatable bonds is 6. The highest BCUT2D eigenvalue weighted by atomic mass is 16.6. The Morgan fingerprint density at radius 3 is 2.39 bits per heavy atom. The second-order valence-corrected chi connectivity index (χ2v) is 3.96. The minimum absolute atomic E-state index is 0.0999. The quantitative estimate of drug-likeness (QED) is 0.396. The summed E-state index contributed by atoms with van der Waals surface area (Å²) in [4.78, 5) is 14.1. The summed E-state index contributed by atoms with van der Waals surface area (Å²) in [5, 5.41) is 40.9. The maximum atomic E-state index is 10.9. The van der Waals surface area contributed by atoms with Crippen molar-refractivity contribution in [3.63, 3.8) is 0 Å². The number of hydrogen-bond acceptors (Lipinski definition) is 7. The van der Waals surface area contributed by atoms with Crippen molar-refractivity contribution in [2.75, 3.05) is 25.1 Å². The molecule has 0 saturated heterocycles. The Morgan fingerprint density at radius 2 is 1.94 bits per heavy atom. The van der Waals surface area contributed by atoms with E-state index in [4.69, 9.17) is 15.3 Å². The molecular weight excluding hydrogens is 242 g/mol. The van der Waals surface area contributed by atoms with Gasteiger partial charge in [-0.1, -0.05) is 0 Å². The summed E-state index contributed by atoms with van der Waals surface area (Å²) in [6.07, 6.45) is 1.36. The third-order valence-electron chi connectivity index (χ3n) is 2.60. The number of aliphatic hydroxyl groups excluding tert-OH is 3. The van der Waals surface area contributed by atoms with Crippen LogP contribution in [0.15, 0.2) is 12.3 Å². The molecule has 18 heavy (non-hydrogen) atoms. The second kappa shape index (κ2) is 5.71. The van der Waals surface area contributed by atoms with E-state index in [2.05, 4.69) is 10.3 Å². The molecule has 1 rings (SSSR count). The van der Waals surface area contributed by atoms with Crippen LogP contribution in [0, 0.1) is 17.0 Å². The number of aryl methyl sites for hydroxylation is 1. The predicted octanol–water partition coefficient (Wildman–Crippen LogP) is -0.574. The van der Waals surface area contributed by atoms with Gasteiger partial charge in [0.15, 0.2) is 0 Å². The van der Waals surface area contributed by atoms with E-state index in [1.807, 2.05) is 0 Å². The average molecular weight is 257 g/mol. The zero-order valence-electron chi connectivity index (χ0n) is 9.83. The Labute approximate surface area is 103 Å². The van der Waals surface area contributed by atoms with Crippen molar-refractivity contribution in [1.29, 1.82) is 0 Å². The lowest BCUT2D eigenvalue weighted by molar-refractivity contribution is -0.384. The van der Waals surface area contributed by atoms with Gasteiger partial charge in [0.25, 0.3) is 0 Å². The first-order valence-electron chi connectivity index (χ1n) is 5.20. The monoisotopic (exact) mass is 257 g/mol. The molecule has 0 bridgehead atoms. The summed E-state index contributed by atoms with van der Waals surface area (Å²) in [5.74, 6) is -0.0999. The van der Waals surface area contributed by atoms with Crippen LogP contribution >= 0.6 is 0 Å². The summed E-state index contributed by atoms with van der Waals surface area (Å²) in [6, 6.07) is 1.47. The van der Waals surface area contributed by atoms with Gasteiger partial charge in [-0.05, 0) is 13.0 Å². The Kier molecular flexibility index (Phi) is 4.54. The SMILES string of the molecule is Cc1ccnc(NC(CO)(CO)CO)c1[N+](=O)[O-]. The molecule has 1 aromatic rings. The molecule has 0 aliphatic heterocycles. The predicted molar refractivity (Wildman–Crippen MR) is 63.2 cm³/mol. The Hall–Kier alpha value is -1.77. The van der Waals surface area contributed by atoms with Crippen LogP contribution in [-0.4, -0.2) is 50.6 Å². The number of hydrogen-bond donors (Lipinski definition) is 4. The normalized spacial score (nSPS) is 11.3. The number of aromatic nitrogens is 1. The van der Waals surface area contributed by atoms with Gasteiger partial charge in [0.1, 0.15) is 5.54 Å². The van der Waals surface area contributed by atoms with E-state index >= 15 is 0 Å². The van der Waals surface area contributed by atoms with Gasteiger partial charge in [0, 0.05) is 11.8 Å². The van der Waals surface area contributed by atoms with Crippen LogP contribution in [0.2, 0.25) is 0 Å². The molecule has 4 N–H and O–H groups in total. The minimum atomic E-state index is -1.45. The van der Waals surface area contributed by atoms with Crippen LogP contribution < -0.4 is 5.32 Å². The van der Waals surface area contributed by atoms with Crippen molar-refractivity contribution in [2.24, 2.45) is 0 Å². The molecule has 1 aromatic heterocycles. The van der Waals surface area contributed by atoms with Gasteiger partial charge in [-0.3, -0.25) is 10.1 Å². The van der Waals surface area contributed by atoms with Crippen molar-refractivity contribution in [2.45, 2.75) is 12.5 Å². The van der Waals surface area contributed by atoms with E-state index in [9.17, 15) is 10.1 Å². The molecule has 0 saturated carbocycles. The van der Waals surface area contributed by atoms with Gasteiger partial charge in [-0.15, -0.1) is 0 Å². The van der Waals surface area contributed by atoms with E-state index in [-0.39, 0.29) is 11.5 Å². The lowest BCUT2D eigenvalue weighted by atomic mass is 10.0. The molecule has 0 amide bonds. The highest BCUT2D eigenvalue weighted by Crippen LogP contribution is 2.27. The minimum Gasteiger partial charge on any atom is -0.394 e. The molecular formula is C10H15N3O5. The lowest BCUT2D eigenvalue weighted by Gasteiger charge is -2.29. The van der Waals surface area contributed by atoms with Gasteiger partial charge in [-0.25, -0.2) is 4.98 Å². The van der Waals surface area contributed by atoms with Crippen molar-refractivity contribution < 1.29 is 20.2 Å². The smallest absolute Gasteiger partial charge is 0.314 e. The molecule has 8 heteroatoms. The Bertz CT molecular complexity index is 425. The summed E-state index contributed by atoms with van der Waals surface area (Å²) in [5.41, 5.74) is -1.32. The molecule has 0 atom stereocenters. The standard InChI is InChI=1S/C10H15N3O5/c1-7-2-3-11-9(8(7)13(17)18)12-10(4-14,5-15)6-16/h2-3,14-16H,4-6H2,1H3,(H,11,12). The molecule has 0 aromatic carbocycles. The molecule has 0 radical (unpaired) electrons. The maximum Gasteiger partial charge on any atom is 0.314 e. The van der Waals surface area contributed by atoms with E-state index in [0.717, 1.165) is 0 Å². The topological polar surface area (TPSA) is 129 Å². The van der Waals surface area contributed by atoms with Crippen molar-refractivity contribution >= 4 is 11.5 Å². The summed E-state index contributed by atoms with van der Waals surface area (Å²) in [7, 11) is 0. The number of aliphatic hydroxyl groups is 3. The molecule has 0 aliphatic carbocycles. The highest BCUT2D eigenvalue weighted by Gasteiger charge is 2.31. The zero-order valence-corrected chi connectivity index (χ0v) is 9.83. The Morgan fingerprint density at radius 1 is 1.39 bits per heavy atom. The molecule has 0 fully saturated rings. The summed E-state index contributed by atoms with van der Waals surface area (Å²) in [6.45, 7) is -0.226. The summed E-state index contributed by atoms with van der Waals surface area (Å²) < 4.78 is 0. The first-order valence-corrected chi connectivity index (χ1v) is 5.20. The van der Waals surface area contributed by atoms with E-state index < -0.39 is 30.3 Å². The van der Waals surface area contributed by atoms with E-state index in [0.29, 0.717) is 5.56 Å². The van der Waals surface area contributed by atoms with Gasteiger partial charge in [0.05, 0.1) is 24.7 Å². The Balaban J connectivity index is 3.18. The third kappa shape index (κ3) is 2.73. The fourth-order valence-electron chi connectivity index (χ4n) is 1.39. The molecule has 8 nitrogen and oxygen atoms in total. The first-order chi connectivity index (χ1) is 8.49. The number of nitrogens with zero attached hydrogens (tertiary/aromatic N) is 2. The zero-order chi connectivity index (χ0) is 13.8. The van der Waals surface area contributed by atoms with Crippen LogP contribution in [0.25, 0.3) is 0 Å². The molecule has 0 aliphatic rings. The van der Waals surface area contributed by atoms with Crippen LogP contribution in [0.5, 0.6) is 0 Å². The van der Waals surface area contributed by atoms with Crippen molar-refractivity contribution in [3.8, 4) is 0 Å². The molecule has 100 valence electrons. The van der Waals surface area contributed by atoms with E-state index in [1.165, 1.54) is 12.3 Å². The maximum absolute atomic E-state index is 10.9.